The molecular weight excluding hydrogens is 436 g/mol. The Balaban J connectivity index is 1.65. The van der Waals surface area contributed by atoms with Gasteiger partial charge in [-0.2, -0.15) is 14.6 Å². The highest BCUT2D eigenvalue weighted by molar-refractivity contribution is 7.88. The minimum absolute atomic E-state index is 0.0378. The lowest BCUT2D eigenvalue weighted by molar-refractivity contribution is 0.361. The van der Waals surface area contributed by atoms with Crippen molar-refractivity contribution in [3.8, 4) is 22.7 Å². The molecule has 0 radical (unpaired) electrons. The van der Waals surface area contributed by atoms with E-state index in [0.717, 1.165) is 27.5 Å². The SMILES string of the molecule is CS(=O)(=O)N1N=C(c2cn(-c3ccccc3)nc2-c2ccccc2)CC1c1ccccc1O. The maximum absolute atomic E-state index is 12.6. The lowest BCUT2D eigenvalue weighted by Crippen LogP contribution is -2.25. The van der Waals surface area contributed by atoms with Crippen molar-refractivity contribution in [2.24, 2.45) is 5.10 Å². The van der Waals surface area contributed by atoms with E-state index < -0.39 is 16.1 Å². The van der Waals surface area contributed by atoms with E-state index in [0.29, 0.717) is 23.4 Å². The van der Waals surface area contributed by atoms with Crippen molar-refractivity contribution in [2.45, 2.75) is 12.5 Å². The molecule has 1 aromatic heterocycles. The average molecular weight is 459 g/mol. The van der Waals surface area contributed by atoms with E-state index in [1.54, 1.807) is 28.9 Å². The van der Waals surface area contributed by atoms with Gasteiger partial charge in [0.25, 0.3) is 0 Å². The number of aromatic hydroxyl groups is 1. The number of phenolic OH excluding ortho intramolecular Hbond substituents is 1. The predicted molar refractivity (Wildman–Crippen MR) is 128 cm³/mol. The van der Waals surface area contributed by atoms with Crippen LogP contribution >= 0.6 is 0 Å². The van der Waals surface area contributed by atoms with Crippen LogP contribution in [0.2, 0.25) is 0 Å². The molecule has 1 aliphatic heterocycles. The Labute approximate surface area is 192 Å². The van der Waals surface area contributed by atoms with Crippen LogP contribution in [0.5, 0.6) is 5.75 Å². The number of hydrogen-bond acceptors (Lipinski definition) is 5. The van der Waals surface area contributed by atoms with Crippen molar-refractivity contribution in [1.82, 2.24) is 14.2 Å². The normalized spacial score (nSPS) is 16.1. The minimum Gasteiger partial charge on any atom is -0.508 e. The minimum atomic E-state index is -3.67. The largest absolute Gasteiger partial charge is 0.508 e. The van der Waals surface area contributed by atoms with Crippen LogP contribution in [0.1, 0.15) is 23.6 Å². The van der Waals surface area contributed by atoms with Crippen LogP contribution in [0.3, 0.4) is 0 Å². The van der Waals surface area contributed by atoms with Crippen LogP contribution in [0.25, 0.3) is 16.9 Å². The number of para-hydroxylation sites is 2. The topological polar surface area (TPSA) is 87.8 Å². The van der Waals surface area contributed by atoms with Crippen molar-refractivity contribution in [1.29, 1.82) is 0 Å². The summed E-state index contributed by atoms with van der Waals surface area (Å²) >= 11 is 0. The molecule has 33 heavy (non-hydrogen) atoms. The average Bonchev–Trinajstić information content (AvgIpc) is 3.46. The highest BCUT2D eigenvalue weighted by atomic mass is 32.2. The zero-order chi connectivity index (χ0) is 23.0. The number of hydrazone groups is 1. The Bertz CT molecular complexity index is 1430. The molecule has 8 heteroatoms. The van der Waals surface area contributed by atoms with Crippen LogP contribution in [0.4, 0.5) is 0 Å². The van der Waals surface area contributed by atoms with Crippen molar-refractivity contribution in [3.63, 3.8) is 0 Å². The fourth-order valence-corrected chi connectivity index (χ4v) is 4.96. The molecule has 0 saturated heterocycles. The fourth-order valence-electron chi connectivity index (χ4n) is 4.07. The van der Waals surface area contributed by atoms with E-state index in [1.165, 1.54) is 0 Å². The number of phenols is 1. The quantitative estimate of drug-likeness (QED) is 0.481. The molecule has 0 aliphatic carbocycles. The Morgan fingerprint density at radius 1 is 0.909 bits per heavy atom. The zero-order valence-corrected chi connectivity index (χ0v) is 18.7. The molecule has 5 rings (SSSR count). The molecule has 1 aliphatic rings. The number of nitrogens with zero attached hydrogens (tertiary/aromatic N) is 4. The first kappa shape index (κ1) is 21.0. The lowest BCUT2D eigenvalue weighted by atomic mass is 9.97. The lowest BCUT2D eigenvalue weighted by Gasteiger charge is -2.22. The second-order valence-corrected chi connectivity index (χ2v) is 9.74. The summed E-state index contributed by atoms with van der Waals surface area (Å²) in [5.41, 5.74) is 4.35. The van der Waals surface area contributed by atoms with E-state index in [2.05, 4.69) is 5.10 Å². The smallest absolute Gasteiger partial charge is 0.247 e. The molecule has 0 fully saturated rings. The molecule has 0 bridgehead atoms. The second-order valence-electron chi connectivity index (χ2n) is 7.90. The number of sulfonamides is 1. The molecule has 0 spiro atoms. The molecule has 3 aromatic carbocycles. The van der Waals surface area contributed by atoms with Crippen molar-refractivity contribution < 1.29 is 13.5 Å². The molecule has 7 nitrogen and oxygen atoms in total. The Morgan fingerprint density at radius 2 is 1.55 bits per heavy atom. The van der Waals surface area contributed by atoms with Gasteiger partial charge in [-0.1, -0.05) is 66.7 Å². The van der Waals surface area contributed by atoms with Crippen LogP contribution in [0, 0.1) is 0 Å². The maximum Gasteiger partial charge on any atom is 0.247 e. The van der Waals surface area contributed by atoms with Crippen molar-refractivity contribution in [2.75, 3.05) is 6.26 Å². The maximum atomic E-state index is 12.6. The summed E-state index contributed by atoms with van der Waals surface area (Å²) in [5, 5.41) is 19.7. The summed E-state index contributed by atoms with van der Waals surface area (Å²) in [5.74, 6) is 0.0378. The van der Waals surface area contributed by atoms with Crippen molar-refractivity contribution >= 4 is 15.7 Å². The standard InChI is InChI=1S/C25H22N4O3S/c1-33(31,32)29-23(20-14-8-9-15-24(20)30)16-22(26-29)21-17-28(19-12-6-3-7-13-19)27-25(21)18-10-4-2-5-11-18/h2-15,17,23,30H,16H2,1H3. The second kappa shape index (κ2) is 8.22. The van der Waals surface area contributed by atoms with E-state index >= 15 is 0 Å². The molecular formula is C25H22N4O3S. The molecule has 4 aromatic rings. The summed E-state index contributed by atoms with van der Waals surface area (Å²) < 4.78 is 28.1. The summed E-state index contributed by atoms with van der Waals surface area (Å²) in [6.45, 7) is 0. The van der Waals surface area contributed by atoms with Gasteiger partial charge in [-0.05, 0) is 18.2 Å². The number of aromatic nitrogens is 2. The molecule has 1 atom stereocenters. The van der Waals surface area contributed by atoms with Crippen LogP contribution < -0.4 is 0 Å². The fraction of sp³-hybridized carbons (Fsp3) is 0.120. The summed E-state index contributed by atoms with van der Waals surface area (Å²) in [6, 6.07) is 25.6. The van der Waals surface area contributed by atoms with E-state index in [1.807, 2.05) is 66.9 Å². The molecule has 0 amide bonds. The number of hydrogen-bond donors (Lipinski definition) is 1. The highest BCUT2D eigenvalue weighted by Crippen LogP contribution is 2.39. The van der Waals surface area contributed by atoms with E-state index in [9.17, 15) is 13.5 Å². The summed E-state index contributed by atoms with van der Waals surface area (Å²) in [6.07, 6.45) is 3.31. The van der Waals surface area contributed by atoms with Gasteiger partial charge in [0.2, 0.25) is 10.0 Å². The first-order valence-electron chi connectivity index (χ1n) is 10.5. The van der Waals surface area contributed by atoms with Crippen LogP contribution in [0.15, 0.2) is 96.2 Å². The Kier molecular flexibility index (Phi) is 5.22. The van der Waals surface area contributed by atoms with Gasteiger partial charge in [0.15, 0.2) is 0 Å². The van der Waals surface area contributed by atoms with Gasteiger partial charge in [0, 0.05) is 29.3 Å². The third-order valence-electron chi connectivity index (χ3n) is 5.60. The van der Waals surface area contributed by atoms with Crippen molar-refractivity contribution in [3.05, 3.63) is 102 Å². The molecule has 2 heterocycles. The summed E-state index contributed by atoms with van der Waals surface area (Å²) in [4.78, 5) is 0. The monoisotopic (exact) mass is 458 g/mol. The molecule has 1 N–H and O–H groups in total. The third-order valence-corrected chi connectivity index (χ3v) is 6.62. The number of rotatable bonds is 5. The Morgan fingerprint density at radius 3 is 2.21 bits per heavy atom. The van der Waals surface area contributed by atoms with Crippen LogP contribution in [-0.4, -0.2) is 39.7 Å². The molecule has 1 unspecified atom stereocenters. The van der Waals surface area contributed by atoms with E-state index in [-0.39, 0.29) is 5.75 Å². The first-order chi connectivity index (χ1) is 15.9. The highest BCUT2D eigenvalue weighted by Gasteiger charge is 2.37. The van der Waals surface area contributed by atoms with Gasteiger partial charge in [0.1, 0.15) is 11.4 Å². The number of benzene rings is 3. The van der Waals surface area contributed by atoms with Gasteiger partial charge in [-0.3, -0.25) is 0 Å². The zero-order valence-electron chi connectivity index (χ0n) is 17.9. The summed E-state index contributed by atoms with van der Waals surface area (Å²) in [7, 11) is -3.67. The van der Waals surface area contributed by atoms with Gasteiger partial charge in [-0.15, -0.1) is 0 Å². The Hall–Kier alpha value is -3.91. The predicted octanol–water partition coefficient (Wildman–Crippen LogP) is 4.36. The van der Waals surface area contributed by atoms with Gasteiger partial charge in [-0.25, -0.2) is 13.1 Å². The molecule has 166 valence electrons. The van der Waals surface area contributed by atoms with E-state index in [4.69, 9.17) is 5.10 Å². The van der Waals surface area contributed by atoms with Gasteiger partial charge >= 0.3 is 0 Å². The first-order valence-corrected chi connectivity index (χ1v) is 12.3. The van der Waals surface area contributed by atoms with Gasteiger partial charge in [0.05, 0.1) is 23.7 Å². The molecule has 0 saturated carbocycles. The third kappa shape index (κ3) is 4.01. The van der Waals surface area contributed by atoms with Gasteiger partial charge < -0.3 is 5.11 Å². The van der Waals surface area contributed by atoms with Crippen LogP contribution in [-0.2, 0) is 10.0 Å².